The van der Waals surface area contributed by atoms with Crippen LogP contribution in [0, 0.1) is 11.8 Å². The molecule has 0 amide bonds. The van der Waals surface area contributed by atoms with E-state index in [9.17, 15) is 9.59 Å². The molecule has 0 heterocycles. The molecule has 38 heavy (non-hydrogen) atoms. The highest BCUT2D eigenvalue weighted by atomic mass is 16.5. The van der Waals surface area contributed by atoms with E-state index in [1.807, 2.05) is 84.9 Å². The lowest BCUT2D eigenvalue weighted by Crippen LogP contribution is -1.97. The number of allylic oxidation sites excluding steroid dienone is 2. The first-order valence-electron chi connectivity index (χ1n) is 12.1. The van der Waals surface area contributed by atoms with Gasteiger partial charge in [0, 0.05) is 11.1 Å². The molecule has 0 bridgehead atoms. The fourth-order valence-electron chi connectivity index (χ4n) is 3.43. The number of hydrogen-bond acceptors (Lipinski definition) is 4. The Hall–Kier alpha value is -5.14. The van der Waals surface area contributed by atoms with Gasteiger partial charge in [0.2, 0.25) is 0 Å². The van der Waals surface area contributed by atoms with Gasteiger partial charge >= 0.3 is 0 Å². The fourth-order valence-corrected chi connectivity index (χ4v) is 3.43. The van der Waals surface area contributed by atoms with E-state index in [1.54, 1.807) is 48.6 Å². The molecule has 4 heteroatoms. The maximum Gasteiger partial charge on any atom is 0.185 e. The van der Waals surface area contributed by atoms with Gasteiger partial charge in [-0.15, -0.1) is 0 Å². The third-order valence-electron chi connectivity index (χ3n) is 5.48. The number of ketones is 2. The first-order valence-corrected chi connectivity index (χ1v) is 12.1. The fraction of sp³-hybridized carbons (Fsp3) is 0.0588. The largest absolute Gasteiger partial charge is 0.481 e. The second-order valence-electron chi connectivity index (χ2n) is 8.20. The zero-order valence-electron chi connectivity index (χ0n) is 20.7. The molecule has 4 aromatic carbocycles. The highest BCUT2D eigenvalue weighted by molar-refractivity contribution is 6.07. The van der Waals surface area contributed by atoms with Crippen molar-refractivity contribution < 1.29 is 19.1 Å². The molecular formula is C34H26O4. The Morgan fingerprint density at radius 1 is 0.526 bits per heavy atom. The molecule has 0 atom stereocenters. The molecule has 0 aromatic heterocycles. The van der Waals surface area contributed by atoms with E-state index in [0.29, 0.717) is 22.6 Å². The van der Waals surface area contributed by atoms with Crippen LogP contribution in [0.4, 0.5) is 0 Å². The van der Waals surface area contributed by atoms with Gasteiger partial charge in [-0.3, -0.25) is 9.59 Å². The number of ether oxygens (including phenoxy) is 2. The highest BCUT2D eigenvalue weighted by Crippen LogP contribution is 2.15. The molecule has 186 valence electrons. The standard InChI is InChI=1S/C34H26O4/c35-33(29-9-3-1-4-10-29)23-17-27-13-19-31(20-14-27)37-25-7-8-26-38-32-21-15-28(16-22-32)18-24-34(36)30-11-5-2-6-12-30/h1-6,9-24H,25-26H2/b23-17+,24-18+. The molecule has 4 rings (SSSR count). The molecule has 0 aliphatic heterocycles. The van der Waals surface area contributed by atoms with E-state index in [-0.39, 0.29) is 24.8 Å². The quantitative estimate of drug-likeness (QED) is 0.135. The Labute approximate surface area is 222 Å². The van der Waals surface area contributed by atoms with Gasteiger partial charge < -0.3 is 9.47 Å². The summed E-state index contributed by atoms with van der Waals surface area (Å²) in [4.78, 5) is 24.3. The van der Waals surface area contributed by atoms with Crippen molar-refractivity contribution in [3.05, 3.63) is 144 Å². The molecule has 4 nitrogen and oxygen atoms in total. The van der Waals surface area contributed by atoms with Gasteiger partial charge in [0.25, 0.3) is 0 Å². The Balaban J connectivity index is 1.17. The third-order valence-corrected chi connectivity index (χ3v) is 5.48. The Kier molecular flexibility index (Phi) is 9.43. The average Bonchev–Trinajstić information content (AvgIpc) is 2.98. The maximum absolute atomic E-state index is 12.2. The van der Waals surface area contributed by atoms with Crippen LogP contribution < -0.4 is 9.47 Å². The average molecular weight is 499 g/mol. The van der Waals surface area contributed by atoms with Crippen LogP contribution in [0.3, 0.4) is 0 Å². The van der Waals surface area contributed by atoms with Crippen LogP contribution in [-0.4, -0.2) is 24.8 Å². The summed E-state index contributed by atoms with van der Waals surface area (Å²) in [6.07, 6.45) is 6.69. The Morgan fingerprint density at radius 3 is 1.26 bits per heavy atom. The predicted molar refractivity (Wildman–Crippen MR) is 151 cm³/mol. The van der Waals surface area contributed by atoms with Crippen LogP contribution in [0.2, 0.25) is 0 Å². The van der Waals surface area contributed by atoms with E-state index in [1.165, 1.54) is 0 Å². The van der Waals surface area contributed by atoms with Crippen molar-refractivity contribution in [1.82, 2.24) is 0 Å². The van der Waals surface area contributed by atoms with Crippen LogP contribution in [0.5, 0.6) is 11.5 Å². The lowest BCUT2D eigenvalue weighted by molar-refractivity contribution is 0.103. The lowest BCUT2D eigenvalue weighted by Gasteiger charge is -2.03. The smallest absolute Gasteiger partial charge is 0.185 e. The van der Waals surface area contributed by atoms with Crippen LogP contribution >= 0.6 is 0 Å². The van der Waals surface area contributed by atoms with Gasteiger partial charge in [-0.2, -0.15) is 0 Å². The van der Waals surface area contributed by atoms with Crippen molar-refractivity contribution >= 4 is 23.7 Å². The molecular weight excluding hydrogens is 472 g/mol. The van der Waals surface area contributed by atoms with E-state index in [4.69, 9.17) is 9.47 Å². The summed E-state index contributed by atoms with van der Waals surface area (Å²) in [7, 11) is 0. The van der Waals surface area contributed by atoms with Crippen LogP contribution in [-0.2, 0) is 0 Å². The van der Waals surface area contributed by atoms with E-state index in [2.05, 4.69) is 11.8 Å². The maximum atomic E-state index is 12.2. The minimum Gasteiger partial charge on any atom is -0.481 e. The van der Waals surface area contributed by atoms with Crippen molar-refractivity contribution in [3.63, 3.8) is 0 Å². The zero-order valence-corrected chi connectivity index (χ0v) is 20.7. The summed E-state index contributed by atoms with van der Waals surface area (Å²) >= 11 is 0. The minimum atomic E-state index is -0.0356. The second kappa shape index (κ2) is 13.8. The summed E-state index contributed by atoms with van der Waals surface area (Å²) in [5.41, 5.74) is 3.14. The number of carbonyl (C=O) groups excluding carboxylic acids is 2. The molecule has 0 fully saturated rings. The summed E-state index contributed by atoms with van der Waals surface area (Å²) in [5.74, 6) is 7.18. The van der Waals surface area contributed by atoms with Crippen molar-refractivity contribution in [3.8, 4) is 23.3 Å². The Morgan fingerprint density at radius 2 is 0.895 bits per heavy atom. The predicted octanol–water partition coefficient (Wildman–Crippen LogP) is 6.94. The molecule has 4 aromatic rings. The highest BCUT2D eigenvalue weighted by Gasteiger charge is 2.01. The van der Waals surface area contributed by atoms with Crippen LogP contribution in [0.1, 0.15) is 31.8 Å². The number of hydrogen-bond donors (Lipinski definition) is 0. The van der Waals surface area contributed by atoms with Gasteiger partial charge in [-0.1, -0.05) is 109 Å². The van der Waals surface area contributed by atoms with Gasteiger partial charge in [0.1, 0.15) is 24.7 Å². The monoisotopic (exact) mass is 498 g/mol. The molecule has 0 saturated heterocycles. The summed E-state index contributed by atoms with van der Waals surface area (Å²) < 4.78 is 11.3. The molecule has 0 N–H and O–H groups in total. The molecule has 0 spiro atoms. The van der Waals surface area contributed by atoms with Crippen molar-refractivity contribution in [1.29, 1.82) is 0 Å². The normalized spacial score (nSPS) is 10.6. The first kappa shape index (κ1) is 25.9. The summed E-state index contributed by atoms with van der Waals surface area (Å²) in [6.45, 7) is 0.481. The topological polar surface area (TPSA) is 52.6 Å². The summed E-state index contributed by atoms with van der Waals surface area (Å²) in [5, 5.41) is 0. The minimum absolute atomic E-state index is 0.0356. The van der Waals surface area contributed by atoms with Crippen LogP contribution in [0.15, 0.2) is 121 Å². The molecule has 0 aliphatic carbocycles. The van der Waals surface area contributed by atoms with Crippen molar-refractivity contribution in [2.45, 2.75) is 0 Å². The number of rotatable bonds is 10. The first-order chi connectivity index (χ1) is 18.7. The number of benzene rings is 4. The van der Waals surface area contributed by atoms with Gasteiger partial charge in [-0.05, 0) is 47.5 Å². The molecule has 0 saturated carbocycles. The zero-order chi connectivity index (χ0) is 26.4. The Bertz CT molecular complexity index is 1340. The SMILES string of the molecule is O=C(/C=C/c1ccc(OCC#CCOc2ccc(/C=C/C(=O)c3ccccc3)cc2)cc1)c1ccccc1. The van der Waals surface area contributed by atoms with Crippen molar-refractivity contribution in [2.75, 3.05) is 13.2 Å². The van der Waals surface area contributed by atoms with E-state index in [0.717, 1.165) is 11.1 Å². The molecule has 0 aliphatic rings. The lowest BCUT2D eigenvalue weighted by atomic mass is 10.1. The van der Waals surface area contributed by atoms with Gasteiger partial charge in [0.05, 0.1) is 0 Å². The molecule has 0 unspecified atom stereocenters. The third kappa shape index (κ3) is 8.22. The van der Waals surface area contributed by atoms with E-state index < -0.39 is 0 Å². The summed E-state index contributed by atoms with van der Waals surface area (Å²) in [6, 6.07) is 33.2. The van der Waals surface area contributed by atoms with Crippen molar-refractivity contribution in [2.24, 2.45) is 0 Å². The second-order valence-corrected chi connectivity index (χ2v) is 8.20. The number of carbonyl (C=O) groups is 2. The van der Waals surface area contributed by atoms with Gasteiger partial charge in [0.15, 0.2) is 11.6 Å². The van der Waals surface area contributed by atoms with Gasteiger partial charge in [-0.25, -0.2) is 0 Å². The molecule has 0 radical (unpaired) electrons. The van der Waals surface area contributed by atoms with Crippen LogP contribution in [0.25, 0.3) is 12.2 Å². The van der Waals surface area contributed by atoms with E-state index >= 15 is 0 Å².